The summed E-state index contributed by atoms with van der Waals surface area (Å²) in [4.78, 5) is 12.6. The van der Waals surface area contributed by atoms with Crippen LogP contribution in [0.25, 0.3) is 0 Å². The van der Waals surface area contributed by atoms with E-state index in [1.165, 1.54) is 0 Å². The van der Waals surface area contributed by atoms with Gasteiger partial charge in [-0.1, -0.05) is 11.6 Å². The lowest BCUT2D eigenvalue weighted by molar-refractivity contribution is -0.0722. The molecule has 0 spiro atoms. The molecule has 0 radical (unpaired) electrons. The zero-order chi connectivity index (χ0) is 18.4. The van der Waals surface area contributed by atoms with Crippen molar-refractivity contribution in [2.24, 2.45) is 5.92 Å². The number of hydrogen-bond donors (Lipinski definition) is 0. The van der Waals surface area contributed by atoms with Gasteiger partial charge in [-0.05, 0) is 24.8 Å². The lowest BCUT2D eigenvalue weighted by Crippen LogP contribution is -2.34. The van der Waals surface area contributed by atoms with Crippen molar-refractivity contribution in [1.82, 2.24) is 0 Å². The van der Waals surface area contributed by atoms with Crippen molar-refractivity contribution in [2.75, 3.05) is 46.8 Å². The number of hydrogen-bond acceptors (Lipinski definition) is 6. The molecule has 1 saturated heterocycles. The van der Waals surface area contributed by atoms with E-state index < -0.39 is 0 Å². The first-order chi connectivity index (χ1) is 12.7. The van der Waals surface area contributed by atoms with Crippen molar-refractivity contribution in [2.45, 2.75) is 25.4 Å². The summed E-state index contributed by atoms with van der Waals surface area (Å²) in [5.74, 6) is 1.21. The molecule has 7 heteroatoms. The van der Waals surface area contributed by atoms with Crippen LogP contribution in [0.3, 0.4) is 0 Å². The number of fused-ring (bicyclic) bond motifs is 1. The zero-order valence-corrected chi connectivity index (χ0v) is 15.8. The molecule has 2 atom stereocenters. The molecule has 6 nitrogen and oxygen atoms in total. The van der Waals surface area contributed by atoms with Crippen LogP contribution in [0.15, 0.2) is 12.1 Å². The zero-order valence-electron chi connectivity index (χ0n) is 15.0. The molecule has 0 aliphatic carbocycles. The maximum atomic E-state index is 12.6. The molecule has 2 unspecified atom stereocenters. The maximum Gasteiger partial charge on any atom is 0.192 e. The van der Waals surface area contributed by atoms with E-state index in [-0.39, 0.29) is 18.5 Å². The van der Waals surface area contributed by atoms with Gasteiger partial charge in [0.2, 0.25) is 0 Å². The Balaban J connectivity index is 1.54. The number of carbonyl (C=O) groups excluding carboxylic acids is 1. The second-order valence-electron chi connectivity index (χ2n) is 6.49. The summed E-state index contributed by atoms with van der Waals surface area (Å²) in [6.07, 6.45) is 2.64. The van der Waals surface area contributed by atoms with E-state index in [9.17, 15) is 4.79 Å². The van der Waals surface area contributed by atoms with Crippen LogP contribution < -0.4 is 9.47 Å². The molecule has 3 rings (SSSR count). The Morgan fingerprint density at radius 3 is 2.96 bits per heavy atom. The molecule has 1 fully saturated rings. The monoisotopic (exact) mass is 384 g/mol. The molecule has 0 bridgehead atoms. The van der Waals surface area contributed by atoms with E-state index in [4.69, 9.17) is 35.3 Å². The summed E-state index contributed by atoms with van der Waals surface area (Å²) in [5.41, 5.74) is 0.412. The predicted molar refractivity (Wildman–Crippen MR) is 96.5 cm³/mol. The number of carbonyl (C=O) groups is 1. The third-order valence-electron chi connectivity index (χ3n) is 4.72. The Hall–Kier alpha value is -1.34. The minimum Gasteiger partial charge on any atom is -0.489 e. The number of ether oxygens (including phenoxy) is 5. The molecule has 0 saturated carbocycles. The summed E-state index contributed by atoms with van der Waals surface area (Å²) in [5, 5.41) is 0.447. The highest BCUT2D eigenvalue weighted by molar-refractivity contribution is 6.31. The van der Waals surface area contributed by atoms with Gasteiger partial charge in [-0.2, -0.15) is 0 Å². The van der Waals surface area contributed by atoms with Crippen LogP contribution in [-0.2, 0) is 14.2 Å². The summed E-state index contributed by atoms with van der Waals surface area (Å²) < 4.78 is 27.8. The van der Waals surface area contributed by atoms with Crippen molar-refractivity contribution in [3.63, 3.8) is 0 Å². The normalized spacial score (nSPS) is 22.7. The Morgan fingerprint density at radius 2 is 2.12 bits per heavy atom. The fraction of sp³-hybridized carbons (Fsp3) is 0.632. The molecule has 0 N–H and O–H groups in total. The van der Waals surface area contributed by atoms with E-state index in [1.54, 1.807) is 19.2 Å². The summed E-state index contributed by atoms with van der Waals surface area (Å²) in [6, 6.07) is 3.29. The van der Waals surface area contributed by atoms with Crippen molar-refractivity contribution in [3.05, 3.63) is 22.7 Å². The summed E-state index contributed by atoms with van der Waals surface area (Å²) in [7, 11) is 1.70. The molecule has 2 heterocycles. The number of rotatable bonds is 7. The van der Waals surface area contributed by atoms with Crippen LogP contribution in [0.4, 0.5) is 0 Å². The second-order valence-corrected chi connectivity index (χ2v) is 6.93. The quantitative estimate of drug-likeness (QED) is 0.531. The first-order valence-corrected chi connectivity index (χ1v) is 9.37. The fourth-order valence-corrected chi connectivity index (χ4v) is 3.48. The number of benzene rings is 1. The van der Waals surface area contributed by atoms with Gasteiger partial charge < -0.3 is 23.7 Å². The van der Waals surface area contributed by atoms with Gasteiger partial charge in [-0.25, -0.2) is 0 Å². The molecule has 26 heavy (non-hydrogen) atoms. The van der Waals surface area contributed by atoms with Crippen LogP contribution in [0.2, 0.25) is 5.02 Å². The summed E-state index contributed by atoms with van der Waals surface area (Å²) >= 11 is 6.12. The van der Waals surface area contributed by atoms with Gasteiger partial charge >= 0.3 is 0 Å². The Labute approximate surface area is 158 Å². The van der Waals surface area contributed by atoms with E-state index in [2.05, 4.69) is 0 Å². The van der Waals surface area contributed by atoms with Gasteiger partial charge in [0, 0.05) is 37.8 Å². The number of methoxy groups -OCH3 is 1. The van der Waals surface area contributed by atoms with E-state index in [0.717, 1.165) is 25.9 Å². The first kappa shape index (κ1) is 19.4. The van der Waals surface area contributed by atoms with E-state index >= 15 is 0 Å². The van der Waals surface area contributed by atoms with Gasteiger partial charge in [0.15, 0.2) is 17.3 Å². The SMILES string of the molecule is COC1COCCC1CCOCC(=O)c1cc(Cl)cc2c1OCCCO2. The van der Waals surface area contributed by atoms with Crippen LogP contribution in [0.5, 0.6) is 11.5 Å². The molecular weight excluding hydrogens is 360 g/mol. The smallest absolute Gasteiger partial charge is 0.192 e. The molecule has 144 valence electrons. The van der Waals surface area contributed by atoms with Crippen molar-refractivity contribution < 1.29 is 28.5 Å². The number of ketones is 1. The van der Waals surface area contributed by atoms with Gasteiger partial charge in [-0.3, -0.25) is 4.79 Å². The first-order valence-electron chi connectivity index (χ1n) is 8.99. The average molecular weight is 385 g/mol. The fourth-order valence-electron chi connectivity index (χ4n) is 3.27. The topological polar surface area (TPSA) is 63.2 Å². The third-order valence-corrected chi connectivity index (χ3v) is 4.94. The van der Waals surface area contributed by atoms with Crippen LogP contribution in [0, 0.1) is 5.92 Å². The van der Waals surface area contributed by atoms with Crippen LogP contribution in [-0.4, -0.2) is 58.6 Å². The van der Waals surface area contributed by atoms with Gasteiger partial charge in [0.05, 0.1) is 31.5 Å². The molecule has 0 amide bonds. The molecule has 2 aliphatic rings. The van der Waals surface area contributed by atoms with Crippen molar-refractivity contribution >= 4 is 17.4 Å². The predicted octanol–water partition coefficient (Wildman–Crippen LogP) is 3.14. The van der Waals surface area contributed by atoms with Crippen molar-refractivity contribution in [3.8, 4) is 11.5 Å². The highest BCUT2D eigenvalue weighted by atomic mass is 35.5. The lowest BCUT2D eigenvalue weighted by Gasteiger charge is -2.30. The third kappa shape index (κ3) is 4.88. The van der Waals surface area contributed by atoms with E-state index in [1.807, 2.05) is 0 Å². The Kier molecular flexibility index (Phi) is 7.14. The molecule has 0 aromatic heterocycles. The minimum atomic E-state index is -0.162. The summed E-state index contributed by atoms with van der Waals surface area (Å²) in [6.45, 7) is 2.90. The molecule has 1 aromatic carbocycles. The maximum absolute atomic E-state index is 12.6. The Bertz CT molecular complexity index is 620. The number of halogens is 1. The molecule has 2 aliphatic heterocycles. The van der Waals surface area contributed by atoms with Gasteiger partial charge in [0.25, 0.3) is 0 Å². The van der Waals surface area contributed by atoms with E-state index in [0.29, 0.717) is 54.4 Å². The lowest BCUT2D eigenvalue weighted by atomic mass is 9.94. The standard InChI is InChI=1S/C19H25ClO6/c1-22-18-12-24-8-4-13(18)3-7-23-11-16(21)15-9-14(20)10-17-19(15)26-6-2-5-25-17/h9-10,13,18H,2-8,11-12H2,1H3. The molecular formula is C19H25ClO6. The van der Waals surface area contributed by atoms with Crippen molar-refractivity contribution in [1.29, 1.82) is 0 Å². The highest BCUT2D eigenvalue weighted by Crippen LogP contribution is 2.36. The highest BCUT2D eigenvalue weighted by Gasteiger charge is 2.26. The molecule has 1 aromatic rings. The average Bonchev–Trinajstić information content (AvgIpc) is 2.90. The van der Waals surface area contributed by atoms with Gasteiger partial charge in [-0.15, -0.1) is 0 Å². The van der Waals surface area contributed by atoms with Gasteiger partial charge in [0.1, 0.15) is 6.61 Å². The Morgan fingerprint density at radius 1 is 1.27 bits per heavy atom. The second kappa shape index (κ2) is 9.55. The van der Waals surface area contributed by atoms with Crippen LogP contribution >= 0.6 is 11.6 Å². The largest absolute Gasteiger partial charge is 0.489 e. The minimum absolute atomic E-state index is 0.0169. The number of Topliss-reactive ketones (excluding diaryl/α,β-unsaturated/α-hetero) is 1. The van der Waals surface area contributed by atoms with Crippen LogP contribution in [0.1, 0.15) is 29.6 Å².